The molecule has 3 rings (SSSR count). The molecular formula is C17H21NO4S2. The van der Waals surface area contributed by atoms with Gasteiger partial charge in [-0.25, -0.2) is 13.1 Å². The zero-order valence-electron chi connectivity index (χ0n) is 13.7. The lowest BCUT2D eigenvalue weighted by molar-refractivity contribution is 0.0242. The van der Waals surface area contributed by atoms with Crippen molar-refractivity contribution in [2.24, 2.45) is 0 Å². The summed E-state index contributed by atoms with van der Waals surface area (Å²) in [5.74, 6) is 0.743. The second-order valence-corrected chi connectivity index (χ2v) is 9.38. The maximum absolute atomic E-state index is 12.4. The minimum atomic E-state index is -3.61. The van der Waals surface area contributed by atoms with Crippen LogP contribution in [0.4, 0.5) is 0 Å². The number of sulfonamides is 1. The summed E-state index contributed by atoms with van der Waals surface area (Å²) >= 11 is 1.22. The molecule has 0 fully saturated rings. The Hall–Kier alpha value is -1.41. The van der Waals surface area contributed by atoms with Crippen LogP contribution in [-0.4, -0.2) is 27.2 Å². The lowest BCUT2D eigenvalue weighted by Gasteiger charge is -2.34. The van der Waals surface area contributed by atoms with E-state index in [-0.39, 0.29) is 10.8 Å². The second kappa shape index (κ2) is 6.48. The van der Waals surface area contributed by atoms with Crippen molar-refractivity contribution in [2.45, 2.75) is 36.0 Å². The van der Waals surface area contributed by atoms with Crippen LogP contribution in [0, 0.1) is 6.92 Å². The summed E-state index contributed by atoms with van der Waals surface area (Å²) in [4.78, 5) is 0.934. The maximum atomic E-state index is 12.4. The number of benzene rings is 1. The molecular weight excluding hydrogens is 346 g/mol. The molecule has 2 N–H and O–H groups in total. The first-order valence-electron chi connectivity index (χ1n) is 7.80. The minimum absolute atomic E-state index is 0.0361. The molecule has 1 aromatic heterocycles. The van der Waals surface area contributed by atoms with Crippen LogP contribution in [-0.2, 0) is 22.0 Å². The van der Waals surface area contributed by atoms with Gasteiger partial charge in [-0.1, -0.05) is 6.07 Å². The van der Waals surface area contributed by atoms with Gasteiger partial charge in [-0.05, 0) is 61.6 Å². The molecule has 1 atom stereocenters. The van der Waals surface area contributed by atoms with Crippen molar-refractivity contribution in [3.63, 3.8) is 0 Å². The first kappa shape index (κ1) is 17.4. The van der Waals surface area contributed by atoms with Gasteiger partial charge in [-0.15, -0.1) is 11.3 Å². The zero-order chi connectivity index (χ0) is 17.4. The van der Waals surface area contributed by atoms with E-state index in [0.717, 1.165) is 34.6 Å². The summed E-state index contributed by atoms with van der Waals surface area (Å²) in [5.41, 5.74) is 0.591. The lowest BCUT2D eigenvalue weighted by atomic mass is 9.79. The highest BCUT2D eigenvalue weighted by Crippen LogP contribution is 2.37. The number of fused-ring (bicyclic) bond motifs is 1. The van der Waals surface area contributed by atoms with Crippen LogP contribution in [0.5, 0.6) is 5.75 Å². The van der Waals surface area contributed by atoms with Gasteiger partial charge in [0.25, 0.3) is 0 Å². The van der Waals surface area contributed by atoms with Crippen molar-refractivity contribution < 1.29 is 18.3 Å². The average Bonchev–Trinajstić information content (AvgIpc) is 3.00. The molecule has 1 aliphatic carbocycles. The minimum Gasteiger partial charge on any atom is -0.497 e. The van der Waals surface area contributed by atoms with Crippen molar-refractivity contribution >= 4 is 21.4 Å². The fourth-order valence-electron chi connectivity index (χ4n) is 3.09. The summed E-state index contributed by atoms with van der Waals surface area (Å²) in [6.07, 6.45) is 2.18. The van der Waals surface area contributed by atoms with Crippen molar-refractivity contribution in [3.8, 4) is 5.75 Å². The van der Waals surface area contributed by atoms with Gasteiger partial charge in [0.05, 0.1) is 7.11 Å². The number of hydrogen-bond acceptors (Lipinski definition) is 5. The fraction of sp³-hybridized carbons (Fsp3) is 0.412. The maximum Gasteiger partial charge on any atom is 0.250 e. The van der Waals surface area contributed by atoms with Gasteiger partial charge in [0.15, 0.2) is 0 Å². The highest BCUT2D eigenvalue weighted by molar-refractivity contribution is 7.91. The lowest BCUT2D eigenvalue weighted by Crippen LogP contribution is -2.42. The Bertz CT molecular complexity index is 844. The summed E-state index contributed by atoms with van der Waals surface area (Å²) in [6.45, 7) is 1.83. The van der Waals surface area contributed by atoms with E-state index in [4.69, 9.17) is 4.74 Å². The molecule has 24 heavy (non-hydrogen) atoms. The van der Waals surface area contributed by atoms with Gasteiger partial charge in [-0.3, -0.25) is 0 Å². The van der Waals surface area contributed by atoms with Crippen molar-refractivity contribution in [1.29, 1.82) is 0 Å². The topological polar surface area (TPSA) is 75.6 Å². The van der Waals surface area contributed by atoms with Crippen LogP contribution in [0.25, 0.3) is 0 Å². The van der Waals surface area contributed by atoms with Gasteiger partial charge in [-0.2, -0.15) is 0 Å². The van der Waals surface area contributed by atoms with Crippen LogP contribution in [0.3, 0.4) is 0 Å². The largest absolute Gasteiger partial charge is 0.497 e. The molecule has 0 saturated carbocycles. The SMILES string of the molecule is COc1ccc2c(c1)CCCC2(O)CNS(=O)(=O)c1ccc(C)s1. The molecule has 0 bridgehead atoms. The van der Waals surface area contributed by atoms with E-state index in [2.05, 4.69) is 4.72 Å². The number of hydrogen-bond donors (Lipinski definition) is 2. The third-order valence-corrected chi connectivity index (χ3v) is 7.28. The van der Waals surface area contributed by atoms with E-state index >= 15 is 0 Å². The standard InChI is InChI=1S/C17H21NO4S2/c1-12-5-8-16(23-12)24(20,21)18-11-17(19)9-3-4-13-10-14(22-2)6-7-15(13)17/h5-8,10,18-19H,3-4,9,11H2,1-2H3. The molecule has 0 spiro atoms. The van der Waals surface area contributed by atoms with Crippen LogP contribution in [0.1, 0.15) is 28.8 Å². The molecule has 0 saturated heterocycles. The van der Waals surface area contributed by atoms with E-state index in [1.807, 2.05) is 19.1 Å². The Morgan fingerprint density at radius 1 is 1.33 bits per heavy atom. The number of rotatable bonds is 5. The van der Waals surface area contributed by atoms with Crippen molar-refractivity contribution in [1.82, 2.24) is 4.72 Å². The van der Waals surface area contributed by atoms with Gasteiger partial charge in [0.1, 0.15) is 15.6 Å². The number of nitrogens with one attached hydrogen (secondary N) is 1. The van der Waals surface area contributed by atoms with E-state index in [0.29, 0.717) is 6.42 Å². The summed E-state index contributed by atoms with van der Waals surface area (Å²) in [5, 5.41) is 11.0. The zero-order valence-corrected chi connectivity index (χ0v) is 15.3. The smallest absolute Gasteiger partial charge is 0.250 e. The summed E-state index contributed by atoms with van der Waals surface area (Å²) in [6, 6.07) is 8.90. The van der Waals surface area contributed by atoms with Crippen LogP contribution in [0.15, 0.2) is 34.5 Å². The van der Waals surface area contributed by atoms with E-state index in [1.54, 1.807) is 25.3 Å². The van der Waals surface area contributed by atoms with E-state index < -0.39 is 15.6 Å². The molecule has 7 heteroatoms. The molecule has 0 aliphatic heterocycles. The second-order valence-electron chi connectivity index (χ2n) is 6.10. The quantitative estimate of drug-likeness (QED) is 0.852. The van der Waals surface area contributed by atoms with Gasteiger partial charge in [0, 0.05) is 11.4 Å². The van der Waals surface area contributed by atoms with Crippen LogP contribution in [0.2, 0.25) is 0 Å². The van der Waals surface area contributed by atoms with Crippen LogP contribution >= 0.6 is 11.3 Å². The summed E-state index contributed by atoms with van der Waals surface area (Å²) in [7, 11) is -2.00. The predicted octanol–water partition coefficient (Wildman–Crippen LogP) is 2.57. The highest BCUT2D eigenvalue weighted by Gasteiger charge is 2.36. The van der Waals surface area contributed by atoms with Crippen molar-refractivity contribution in [2.75, 3.05) is 13.7 Å². The highest BCUT2D eigenvalue weighted by atomic mass is 32.2. The molecule has 1 heterocycles. The number of aliphatic hydroxyl groups is 1. The monoisotopic (exact) mass is 367 g/mol. The van der Waals surface area contributed by atoms with Crippen molar-refractivity contribution in [3.05, 3.63) is 46.3 Å². The Kier molecular flexibility index (Phi) is 4.70. The molecule has 130 valence electrons. The fourth-order valence-corrected chi connectivity index (χ4v) is 5.51. The Morgan fingerprint density at radius 3 is 2.79 bits per heavy atom. The Labute approximate surface area is 146 Å². The summed E-state index contributed by atoms with van der Waals surface area (Å²) < 4.78 is 32.9. The number of thiophene rings is 1. The van der Waals surface area contributed by atoms with Gasteiger partial charge >= 0.3 is 0 Å². The number of aryl methyl sites for hydroxylation is 2. The third kappa shape index (κ3) is 3.35. The Morgan fingerprint density at radius 2 is 2.12 bits per heavy atom. The number of ether oxygens (including phenoxy) is 1. The van der Waals surface area contributed by atoms with E-state index in [1.165, 1.54) is 11.3 Å². The van der Waals surface area contributed by atoms with Gasteiger partial charge < -0.3 is 9.84 Å². The molecule has 5 nitrogen and oxygen atoms in total. The first-order valence-corrected chi connectivity index (χ1v) is 10.1. The third-order valence-electron chi connectivity index (χ3n) is 4.39. The predicted molar refractivity (Wildman–Crippen MR) is 94.1 cm³/mol. The molecule has 2 aromatic rings. The number of methoxy groups -OCH3 is 1. The Balaban J connectivity index is 1.83. The van der Waals surface area contributed by atoms with Gasteiger partial charge in [0.2, 0.25) is 10.0 Å². The molecule has 1 aromatic carbocycles. The molecule has 1 aliphatic rings. The first-order chi connectivity index (χ1) is 11.3. The molecule has 0 amide bonds. The normalized spacial score (nSPS) is 20.6. The van der Waals surface area contributed by atoms with Crippen LogP contribution < -0.4 is 9.46 Å². The molecule has 1 unspecified atom stereocenters. The van der Waals surface area contributed by atoms with E-state index in [9.17, 15) is 13.5 Å². The average molecular weight is 367 g/mol. The molecule has 0 radical (unpaired) electrons.